The molecule has 0 bridgehead atoms. The lowest BCUT2D eigenvalue weighted by Crippen LogP contribution is -2.20. The Balaban J connectivity index is 1.81. The summed E-state index contributed by atoms with van der Waals surface area (Å²) < 4.78 is 19.9. The number of Topliss-reactive ketones (excluding diaryl/α,β-unsaturated/α-hetero) is 1. The molecular weight excluding hydrogens is 311 g/mol. The van der Waals surface area contributed by atoms with Crippen LogP contribution in [0, 0.1) is 5.82 Å². The van der Waals surface area contributed by atoms with Gasteiger partial charge in [-0.25, -0.2) is 4.39 Å². The Morgan fingerprint density at radius 3 is 3.00 bits per heavy atom. The first-order valence-electron chi connectivity index (χ1n) is 6.72. The lowest BCUT2D eigenvalue weighted by atomic mass is 10.00. The fourth-order valence-corrected chi connectivity index (χ4v) is 2.75. The minimum atomic E-state index is -0.314. The van der Waals surface area contributed by atoms with Crippen molar-refractivity contribution < 1.29 is 13.9 Å². The largest absolute Gasteiger partial charge is 0.378 e. The van der Waals surface area contributed by atoms with E-state index in [1.54, 1.807) is 12.1 Å². The first-order chi connectivity index (χ1) is 9.15. The number of benzene rings is 1. The van der Waals surface area contributed by atoms with Gasteiger partial charge in [-0.2, -0.15) is 0 Å². The van der Waals surface area contributed by atoms with E-state index in [-0.39, 0.29) is 24.1 Å². The fourth-order valence-electron chi connectivity index (χ4n) is 2.34. The number of halogens is 2. The topological polar surface area (TPSA) is 26.3 Å². The van der Waals surface area contributed by atoms with Crippen molar-refractivity contribution in [2.24, 2.45) is 0 Å². The van der Waals surface area contributed by atoms with Gasteiger partial charge in [0.15, 0.2) is 0 Å². The SMILES string of the molecule is O=C(CCC1CCCCO1)Cc1cc(Br)ccc1F. The van der Waals surface area contributed by atoms with E-state index in [1.807, 2.05) is 0 Å². The molecule has 0 N–H and O–H groups in total. The Labute approximate surface area is 121 Å². The Morgan fingerprint density at radius 2 is 2.26 bits per heavy atom. The van der Waals surface area contributed by atoms with Crippen molar-refractivity contribution in [2.45, 2.75) is 44.6 Å². The smallest absolute Gasteiger partial charge is 0.137 e. The minimum absolute atomic E-state index is 0.0752. The number of hydrogen-bond acceptors (Lipinski definition) is 2. The monoisotopic (exact) mass is 328 g/mol. The average molecular weight is 329 g/mol. The van der Waals surface area contributed by atoms with E-state index in [4.69, 9.17) is 4.74 Å². The summed E-state index contributed by atoms with van der Waals surface area (Å²) in [5.41, 5.74) is 0.462. The summed E-state index contributed by atoms with van der Waals surface area (Å²) in [5, 5.41) is 0. The molecule has 19 heavy (non-hydrogen) atoms. The third-order valence-electron chi connectivity index (χ3n) is 3.41. The molecule has 0 aliphatic carbocycles. The third kappa shape index (κ3) is 4.69. The molecule has 1 aromatic carbocycles. The van der Waals surface area contributed by atoms with Crippen molar-refractivity contribution in [1.29, 1.82) is 0 Å². The van der Waals surface area contributed by atoms with Crippen LogP contribution in [-0.4, -0.2) is 18.5 Å². The molecular formula is C15H18BrFO2. The first kappa shape index (κ1) is 14.7. The van der Waals surface area contributed by atoms with Crippen LogP contribution in [0.15, 0.2) is 22.7 Å². The van der Waals surface area contributed by atoms with Crippen LogP contribution in [-0.2, 0) is 16.0 Å². The molecule has 0 spiro atoms. The molecule has 1 atom stereocenters. The molecule has 2 rings (SSSR count). The van der Waals surface area contributed by atoms with E-state index in [2.05, 4.69) is 15.9 Å². The molecule has 0 saturated carbocycles. The number of ether oxygens (including phenoxy) is 1. The second-order valence-corrected chi connectivity index (χ2v) is 5.89. The normalized spacial score (nSPS) is 19.4. The maximum absolute atomic E-state index is 13.5. The number of carbonyl (C=O) groups is 1. The summed E-state index contributed by atoms with van der Waals surface area (Å²) >= 11 is 3.29. The molecule has 1 saturated heterocycles. The maximum atomic E-state index is 13.5. The zero-order chi connectivity index (χ0) is 13.7. The van der Waals surface area contributed by atoms with E-state index in [1.165, 1.54) is 12.5 Å². The molecule has 1 unspecified atom stereocenters. The van der Waals surface area contributed by atoms with Crippen LogP contribution in [0.2, 0.25) is 0 Å². The van der Waals surface area contributed by atoms with Gasteiger partial charge in [0.25, 0.3) is 0 Å². The van der Waals surface area contributed by atoms with Crippen LogP contribution in [0.3, 0.4) is 0 Å². The van der Waals surface area contributed by atoms with E-state index in [9.17, 15) is 9.18 Å². The van der Waals surface area contributed by atoms with E-state index >= 15 is 0 Å². The molecule has 4 heteroatoms. The highest BCUT2D eigenvalue weighted by Gasteiger charge is 2.16. The van der Waals surface area contributed by atoms with Gasteiger partial charge in [-0.3, -0.25) is 4.79 Å². The molecule has 104 valence electrons. The van der Waals surface area contributed by atoms with Gasteiger partial charge in [-0.05, 0) is 49.4 Å². The quantitative estimate of drug-likeness (QED) is 0.815. The standard InChI is InChI=1S/C15H18BrFO2/c16-12-4-7-15(17)11(9-12)10-13(18)5-6-14-3-1-2-8-19-14/h4,7,9,14H,1-3,5-6,8,10H2. The Bertz CT molecular complexity index is 442. The van der Waals surface area contributed by atoms with Crippen LogP contribution in [0.4, 0.5) is 4.39 Å². The van der Waals surface area contributed by atoms with Gasteiger partial charge in [0.2, 0.25) is 0 Å². The Morgan fingerprint density at radius 1 is 1.42 bits per heavy atom. The predicted octanol–water partition coefficient (Wildman–Crippen LogP) is 4.05. The van der Waals surface area contributed by atoms with Crippen molar-refractivity contribution >= 4 is 21.7 Å². The predicted molar refractivity (Wildman–Crippen MR) is 75.6 cm³/mol. The minimum Gasteiger partial charge on any atom is -0.378 e. The van der Waals surface area contributed by atoms with Crippen LogP contribution in [0.5, 0.6) is 0 Å². The van der Waals surface area contributed by atoms with E-state index in [0.717, 1.165) is 30.3 Å². The summed E-state index contributed by atoms with van der Waals surface area (Å²) in [6, 6.07) is 4.69. The van der Waals surface area contributed by atoms with Crippen LogP contribution in [0.25, 0.3) is 0 Å². The van der Waals surface area contributed by atoms with Crippen molar-refractivity contribution in [1.82, 2.24) is 0 Å². The molecule has 1 aliphatic rings. The van der Waals surface area contributed by atoms with Gasteiger partial charge in [-0.1, -0.05) is 15.9 Å². The lowest BCUT2D eigenvalue weighted by Gasteiger charge is -2.22. The summed E-state index contributed by atoms with van der Waals surface area (Å²) in [4.78, 5) is 11.9. The van der Waals surface area contributed by atoms with Crippen molar-refractivity contribution in [3.63, 3.8) is 0 Å². The molecule has 0 radical (unpaired) electrons. The zero-order valence-electron chi connectivity index (χ0n) is 10.8. The summed E-state index contributed by atoms with van der Waals surface area (Å²) in [7, 11) is 0. The van der Waals surface area contributed by atoms with Gasteiger partial charge in [-0.15, -0.1) is 0 Å². The molecule has 1 aliphatic heterocycles. The van der Waals surface area contributed by atoms with E-state index < -0.39 is 0 Å². The average Bonchev–Trinajstić information content (AvgIpc) is 2.42. The number of ketones is 1. The second kappa shape index (κ2) is 7.15. The molecule has 1 fully saturated rings. The maximum Gasteiger partial charge on any atom is 0.137 e. The van der Waals surface area contributed by atoms with Crippen LogP contribution in [0.1, 0.15) is 37.7 Å². The van der Waals surface area contributed by atoms with Gasteiger partial charge >= 0.3 is 0 Å². The third-order valence-corrected chi connectivity index (χ3v) is 3.91. The highest BCUT2D eigenvalue weighted by atomic mass is 79.9. The van der Waals surface area contributed by atoms with E-state index in [0.29, 0.717) is 12.0 Å². The van der Waals surface area contributed by atoms with Crippen LogP contribution < -0.4 is 0 Å². The molecule has 0 amide bonds. The van der Waals surface area contributed by atoms with Gasteiger partial charge in [0.1, 0.15) is 11.6 Å². The van der Waals surface area contributed by atoms with Gasteiger partial charge < -0.3 is 4.74 Å². The Hall–Kier alpha value is -0.740. The zero-order valence-corrected chi connectivity index (χ0v) is 12.4. The van der Waals surface area contributed by atoms with Crippen LogP contribution >= 0.6 is 15.9 Å². The molecule has 1 heterocycles. The van der Waals surface area contributed by atoms with Crippen molar-refractivity contribution in [3.8, 4) is 0 Å². The molecule has 1 aromatic rings. The van der Waals surface area contributed by atoms with Gasteiger partial charge in [0.05, 0.1) is 6.10 Å². The summed E-state index contributed by atoms with van der Waals surface area (Å²) in [5.74, 6) is -0.239. The molecule has 2 nitrogen and oxygen atoms in total. The lowest BCUT2D eigenvalue weighted by molar-refractivity contribution is -0.119. The summed E-state index contributed by atoms with van der Waals surface area (Å²) in [6.45, 7) is 0.805. The highest BCUT2D eigenvalue weighted by molar-refractivity contribution is 9.10. The van der Waals surface area contributed by atoms with Crippen molar-refractivity contribution in [2.75, 3.05) is 6.61 Å². The second-order valence-electron chi connectivity index (χ2n) is 4.98. The molecule has 0 aromatic heterocycles. The Kier molecular flexibility index (Phi) is 5.52. The number of hydrogen-bond donors (Lipinski definition) is 0. The number of rotatable bonds is 5. The van der Waals surface area contributed by atoms with Crippen molar-refractivity contribution in [3.05, 3.63) is 34.1 Å². The summed E-state index contributed by atoms with van der Waals surface area (Å²) in [6.07, 6.45) is 4.94. The van der Waals surface area contributed by atoms with Gasteiger partial charge in [0, 0.05) is 23.9 Å². The fraction of sp³-hybridized carbons (Fsp3) is 0.533. The number of carbonyl (C=O) groups excluding carboxylic acids is 1. The highest BCUT2D eigenvalue weighted by Crippen LogP contribution is 2.19. The first-order valence-corrected chi connectivity index (χ1v) is 7.51.